The molecule has 7 heteroatoms. The normalized spacial score (nSPS) is 13.3. The first kappa shape index (κ1) is 13.6. The molecule has 3 rings (SSSR count). The number of amides is 1. The molecule has 0 bridgehead atoms. The van der Waals surface area contributed by atoms with E-state index in [-0.39, 0.29) is 5.91 Å². The van der Waals surface area contributed by atoms with Crippen molar-refractivity contribution in [3.05, 3.63) is 44.9 Å². The highest BCUT2D eigenvalue weighted by molar-refractivity contribution is 9.10. The fraction of sp³-hybridized carbons (Fsp3) is 0.308. The van der Waals surface area contributed by atoms with Gasteiger partial charge in [0.25, 0.3) is 5.91 Å². The Kier molecular flexibility index (Phi) is 3.76. The molecule has 2 heterocycles. The number of carbonyl (C=O) groups excluding carboxylic acids is 1. The molecule has 104 valence electrons. The van der Waals surface area contributed by atoms with Gasteiger partial charge in [0.2, 0.25) is 0 Å². The topological polar surface area (TPSA) is 59.8 Å². The largest absolute Gasteiger partial charge is 0.345 e. The summed E-state index contributed by atoms with van der Waals surface area (Å²) in [6, 6.07) is 5.19. The first-order chi connectivity index (χ1) is 9.65. The molecule has 0 saturated heterocycles. The van der Waals surface area contributed by atoms with Crippen LogP contribution in [0.3, 0.4) is 0 Å². The predicted molar refractivity (Wildman–Crippen MR) is 78.7 cm³/mol. The van der Waals surface area contributed by atoms with Crippen LogP contribution in [0.1, 0.15) is 28.4 Å². The summed E-state index contributed by atoms with van der Waals surface area (Å²) in [6.07, 6.45) is 2.04. The monoisotopic (exact) mass is 354 g/mol. The number of benzene rings is 1. The number of aromatic nitrogens is 3. The maximum Gasteiger partial charge on any atom is 0.253 e. The van der Waals surface area contributed by atoms with Crippen LogP contribution in [-0.2, 0) is 19.5 Å². The Bertz CT molecular complexity index is 670. The van der Waals surface area contributed by atoms with Crippen molar-refractivity contribution in [2.45, 2.75) is 25.9 Å². The zero-order valence-corrected chi connectivity index (χ0v) is 12.9. The van der Waals surface area contributed by atoms with Crippen LogP contribution in [0.5, 0.6) is 0 Å². The van der Waals surface area contributed by atoms with Crippen LogP contribution in [0, 0.1) is 0 Å². The van der Waals surface area contributed by atoms with Gasteiger partial charge in [0, 0.05) is 17.4 Å². The van der Waals surface area contributed by atoms with Gasteiger partial charge in [-0.15, -0.1) is 10.2 Å². The molecule has 0 spiro atoms. The van der Waals surface area contributed by atoms with E-state index in [9.17, 15) is 4.79 Å². The summed E-state index contributed by atoms with van der Waals surface area (Å²) >= 11 is 9.36. The number of halogens is 2. The van der Waals surface area contributed by atoms with Crippen molar-refractivity contribution in [3.8, 4) is 0 Å². The van der Waals surface area contributed by atoms with E-state index in [4.69, 9.17) is 11.6 Å². The second-order valence-corrected chi connectivity index (χ2v) is 5.92. The molecule has 20 heavy (non-hydrogen) atoms. The first-order valence-electron chi connectivity index (χ1n) is 6.29. The molecule has 1 amide bonds. The number of aryl methyl sites for hydroxylation is 1. The smallest absolute Gasteiger partial charge is 0.253 e. The minimum atomic E-state index is -0.216. The Morgan fingerprint density at radius 1 is 1.45 bits per heavy atom. The summed E-state index contributed by atoms with van der Waals surface area (Å²) in [6.45, 7) is 1.28. The van der Waals surface area contributed by atoms with Crippen LogP contribution in [-0.4, -0.2) is 20.7 Å². The molecule has 1 aliphatic heterocycles. The fourth-order valence-electron chi connectivity index (χ4n) is 2.27. The van der Waals surface area contributed by atoms with E-state index in [0.29, 0.717) is 17.1 Å². The summed E-state index contributed by atoms with van der Waals surface area (Å²) in [5.41, 5.74) is 0.446. The van der Waals surface area contributed by atoms with Crippen molar-refractivity contribution >= 4 is 33.4 Å². The van der Waals surface area contributed by atoms with Crippen LogP contribution in [0.15, 0.2) is 22.7 Å². The van der Waals surface area contributed by atoms with E-state index >= 15 is 0 Å². The van der Waals surface area contributed by atoms with Crippen molar-refractivity contribution in [3.63, 3.8) is 0 Å². The van der Waals surface area contributed by atoms with Crippen molar-refractivity contribution in [1.82, 2.24) is 20.1 Å². The molecular formula is C13H12BrClN4O. The van der Waals surface area contributed by atoms with Crippen LogP contribution < -0.4 is 5.32 Å². The highest BCUT2D eigenvalue weighted by atomic mass is 79.9. The summed E-state index contributed by atoms with van der Waals surface area (Å²) in [5, 5.41) is 11.5. The molecule has 5 nitrogen and oxygen atoms in total. The van der Waals surface area contributed by atoms with Crippen LogP contribution in [0.25, 0.3) is 0 Å². The summed E-state index contributed by atoms with van der Waals surface area (Å²) in [7, 11) is 0. The minimum absolute atomic E-state index is 0.216. The van der Waals surface area contributed by atoms with Gasteiger partial charge in [-0.05, 0) is 24.6 Å². The third kappa shape index (κ3) is 2.58. The molecule has 0 saturated carbocycles. The standard InChI is InChI=1S/C13H12BrClN4O/c14-8-3-4-10(15)9(6-8)13(20)16-7-12-18-17-11-2-1-5-19(11)12/h3-4,6H,1-2,5,7H2,(H,16,20). The number of fused-ring (bicyclic) bond motifs is 1. The van der Waals surface area contributed by atoms with Crippen molar-refractivity contribution in [2.24, 2.45) is 0 Å². The second-order valence-electron chi connectivity index (χ2n) is 4.59. The van der Waals surface area contributed by atoms with Crippen molar-refractivity contribution < 1.29 is 4.79 Å². The highest BCUT2D eigenvalue weighted by Crippen LogP contribution is 2.21. The van der Waals surface area contributed by atoms with Gasteiger partial charge in [-0.1, -0.05) is 27.5 Å². The first-order valence-corrected chi connectivity index (χ1v) is 7.46. The number of nitrogens with one attached hydrogen (secondary N) is 1. The van der Waals surface area contributed by atoms with Gasteiger partial charge in [-0.2, -0.15) is 0 Å². The average molecular weight is 356 g/mol. The molecular weight excluding hydrogens is 344 g/mol. The zero-order chi connectivity index (χ0) is 14.1. The Balaban J connectivity index is 1.72. The van der Waals surface area contributed by atoms with Gasteiger partial charge < -0.3 is 9.88 Å². The number of nitrogens with zero attached hydrogens (tertiary/aromatic N) is 3. The SMILES string of the molecule is O=C(NCc1nnc2n1CCC2)c1cc(Br)ccc1Cl. The van der Waals surface area contributed by atoms with E-state index in [1.54, 1.807) is 18.2 Å². The lowest BCUT2D eigenvalue weighted by molar-refractivity contribution is 0.0949. The lowest BCUT2D eigenvalue weighted by atomic mass is 10.2. The maximum absolute atomic E-state index is 12.1. The lowest BCUT2D eigenvalue weighted by Gasteiger charge is -2.07. The molecule has 1 aromatic carbocycles. The maximum atomic E-state index is 12.1. The van der Waals surface area contributed by atoms with Gasteiger partial charge in [0.1, 0.15) is 5.82 Å². The average Bonchev–Trinajstić information content (AvgIpc) is 3.02. The van der Waals surface area contributed by atoms with E-state index in [2.05, 4.69) is 36.0 Å². The Morgan fingerprint density at radius 3 is 3.15 bits per heavy atom. The minimum Gasteiger partial charge on any atom is -0.345 e. The van der Waals surface area contributed by atoms with Gasteiger partial charge >= 0.3 is 0 Å². The molecule has 1 aromatic heterocycles. The quantitative estimate of drug-likeness (QED) is 0.920. The molecule has 0 fully saturated rings. The zero-order valence-electron chi connectivity index (χ0n) is 10.6. The molecule has 1 aliphatic rings. The molecule has 0 atom stereocenters. The van der Waals surface area contributed by atoms with E-state index in [1.807, 2.05) is 0 Å². The van der Waals surface area contributed by atoms with E-state index in [1.165, 1.54) is 0 Å². The van der Waals surface area contributed by atoms with Crippen molar-refractivity contribution in [1.29, 1.82) is 0 Å². The number of rotatable bonds is 3. The van der Waals surface area contributed by atoms with Crippen LogP contribution >= 0.6 is 27.5 Å². The number of carbonyl (C=O) groups is 1. The number of hydrogen-bond acceptors (Lipinski definition) is 3. The molecule has 0 unspecified atom stereocenters. The van der Waals surface area contributed by atoms with Gasteiger partial charge in [-0.25, -0.2) is 0 Å². The summed E-state index contributed by atoms with van der Waals surface area (Å²) in [5.74, 6) is 1.57. The molecule has 1 N–H and O–H groups in total. The van der Waals surface area contributed by atoms with Gasteiger partial charge in [0.05, 0.1) is 17.1 Å². The Hall–Kier alpha value is -1.40. The number of hydrogen-bond donors (Lipinski definition) is 1. The lowest BCUT2D eigenvalue weighted by Crippen LogP contribution is -2.25. The fourth-order valence-corrected chi connectivity index (χ4v) is 2.83. The molecule has 2 aromatic rings. The van der Waals surface area contributed by atoms with Crippen molar-refractivity contribution in [2.75, 3.05) is 0 Å². The highest BCUT2D eigenvalue weighted by Gasteiger charge is 2.18. The van der Waals surface area contributed by atoms with Crippen LogP contribution in [0.4, 0.5) is 0 Å². The third-order valence-corrected chi connectivity index (χ3v) is 4.09. The Labute approximate surface area is 129 Å². The second kappa shape index (κ2) is 5.54. The predicted octanol–water partition coefficient (Wildman–Crippen LogP) is 2.57. The van der Waals surface area contributed by atoms with Gasteiger partial charge in [-0.3, -0.25) is 4.79 Å². The molecule has 0 radical (unpaired) electrons. The van der Waals surface area contributed by atoms with Crippen LogP contribution in [0.2, 0.25) is 5.02 Å². The molecule has 0 aliphatic carbocycles. The van der Waals surface area contributed by atoms with Gasteiger partial charge in [0.15, 0.2) is 5.82 Å². The van der Waals surface area contributed by atoms with E-state index in [0.717, 1.165) is 35.5 Å². The third-order valence-electron chi connectivity index (χ3n) is 3.27. The van der Waals surface area contributed by atoms with E-state index < -0.39 is 0 Å². The summed E-state index contributed by atoms with van der Waals surface area (Å²) < 4.78 is 2.87. The summed E-state index contributed by atoms with van der Waals surface area (Å²) in [4.78, 5) is 12.1. The Morgan fingerprint density at radius 2 is 2.30 bits per heavy atom.